The quantitative estimate of drug-likeness (QED) is 0.348. The molecule has 1 N–H and O–H groups in total. The summed E-state index contributed by atoms with van der Waals surface area (Å²) in [5, 5.41) is 4.66. The fourth-order valence-corrected chi connectivity index (χ4v) is 3.82. The van der Waals surface area contributed by atoms with Gasteiger partial charge >= 0.3 is 5.57 Å². The molecule has 0 aliphatic carbocycles. The molecule has 0 atom stereocenters. The fraction of sp³-hybridized carbons (Fsp3) is 0.190. The Morgan fingerprint density at radius 3 is 2.58 bits per heavy atom. The number of rotatable bonds is 6. The number of carbonyl (C=O) groups is 1. The summed E-state index contributed by atoms with van der Waals surface area (Å²) < 4.78 is 31.8. The Balaban J connectivity index is 1.66. The number of benzene rings is 2. The van der Waals surface area contributed by atoms with Crippen LogP contribution in [0.1, 0.15) is 30.2 Å². The van der Waals surface area contributed by atoms with Crippen molar-refractivity contribution < 1.29 is 18.3 Å². The van der Waals surface area contributed by atoms with Gasteiger partial charge in [-0.05, 0) is 50.2 Å². The number of anilines is 1. The van der Waals surface area contributed by atoms with Gasteiger partial charge in [0.15, 0.2) is 0 Å². The summed E-state index contributed by atoms with van der Waals surface area (Å²) in [6.07, 6.45) is 1.75. The van der Waals surface area contributed by atoms with Crippen molar-refractivity contribution >= 4 is 45.6 Å². The summed E-state index contributed by atoms with van der Waals surface area (Å²) in [4.78, 5) is 21.8. The first-order chi connectivity index (χ1) is 14.7. The summed E-state index contributed by atoms with van der Waals surface area (Å²) in [6, 6.07) is 9.15. The van der Waals surface area contributed by atoms with Crippen LogP contribution in [0.15, 0.2) is 53.6 Å². The summed E-state index contributed by atoms with van der Waals surface area (Å²) in [7, 11) is 0. The molecule has 0 radical (unpaired) electrons. The van der Waals surface area contributed by atoms with Crippen LogP contribution in [-0.4, -0.2) is 26.0 Å². The topological polar surface area (TPSA) is 69.0 Å². The highest BCUT2D eigenvalue weighted by atomic mass is 35.5. The molecular weight excluding hydrogens is 446 g/mol. The van der Waals surface area contributed by atoms with Gasteiger partial charge in [-0.25, -0.2) is 9.97 Å². The first-order valence-corrected chi connectivity index (χ1v) is 10.6. The molecule has 31 heavy (non-hydrogen) atoms. The highest BCUT2D eigenvalue weighted by Gasteiger charge is 2.27. The zero-order valence-corrected chi connectivity index (χ0v) is 18.0. The molecule has 0 bridgehead atoms. The Morgan fingerprint density at radius 2 is 1.97 bits per heavy atom. The van der Waals surface area contributed by atoms with Gasteiger partial charge in [0.2, 0.25) is 0 Å². The third-order valence-electron chi connectivity index (χ3n) is 4.54. The fourth-order valence-electron chi connectivity index (χ4n) is 3.18. The standard InChI is InChI=1S/C21H17ClF2N4O2S/c1-12(2)28-10-25-17-8-13(7-16(19(17)28)18-9-31-11-26-18)20(29)27-14-3-5-15(6-4-14)30-21(22,23)24/h3-12H,1-2H3,(H,27,29). The number of carbonyl (C=O) groups excluding carboxylic acids is 1. The molecule has 0 saturated carbocycles. The van der Waals surface area contributed by atoms with Crippen LogP contribution < -0.4 is 10.1 Å². The lowest BCUT2D eigenvalue weighted by Crippen LogP contribution is -2.16. The number of fused-ring (bicyclic) bond motifs is 1. The van der Waals surface area contributed by atoms with Crippen LogP contribution in [0.2, 0.25) is 0 Å². The number of aromatic nitrogens is 3. The number of hydrogen-bond acceptors (Lipinski definition) is 5. The Kier molecular flexibility index (Phi) is 5.63. The molecule has 4 aromatic rings. The molecule has 10 heteroatoms. The van der Waals surface area contributed by atoms with E-state index >= 15 is 0 Å². The molecule has 6 nitrogen and oxygen atoms in total. The van der Waals surface area contributed by atoms with E-state index < -0.39 is 5.57 Å². The van der Waals surface area contributed by atoms with Crippen LogP contribution in [0, 0.1) is 0 Å². The molecule has 1 amide bonds. The van der Waals surface area contributed by atoms with Gasteiger partial charge in [-0.3, -0.25) is 4.79 Å². The molecule has 0 spiro atoms. The van der Waals surface area contributed by atoms with Gasteiger partial charge in [-0.2, -0.15) is 0 Å². The van der Waals surface area contributed by atoms with E-state index in [1.54, 1.807) is 24.0 Å². The van der Waals surface area contributed by atoms with Crippen LogP contribution in [0.25, 0.3) is 22.3 Å². The number of ether oxygens (including phenoxy) is 1. The average molecular weight is 463 g/mol. The van der Waals surface area contributed by atoms with Crippen LogP contribution in [0.3, 0.4) is 0 Å². The maximum atomic E-state index is 12.9. The minimum absolute atomic E-state index is 0.121. The van der Waals surface area contributed by atoms with Crippen LogP contribution in [0.4, 0.5) is 14.5 Å². The number of nitrogens with zero attached hydrogens (tertiary/aromatic N) is 3. The average Bonchev–Trinajstić information content (AvgIpc) is 3.37. The maximum Gasteiger partial charge on any atom is 0.487 e. The number of thiazole rings is 1. The predicted molar refractivity (Wildman–Crippen MR) is 117 cm³/mol. The second-order valence-electron chi connectivity index (χ2n) is 7.04. The van der Waals surface area contributed by atoms with E-state index in [2.05, 4.69) is 33.9 Å². The highest BCUT2D eigenvalue weighted by Crippen LogP contribution is 2.32. The van der Waals surface area contributed by atoms with Gasteiger partial charge in [0.05, 0.1) is 28.6 Å². The Labute approximate surface area is 185 Å². The largest absolute Gasteiger partial charge is 0.487 e. The second-order valence-corrected chi connectivity index (χ2v) is 8.20. The van der Waals surface area contributed by atoms with Gasteiger partial charge in [0.25, 0.3) is 5.91 Å². The maximum absolute atomic E-state index is 12.9. The molecule has 160 valence electrons. The number of nitrogens with one attached hydrogen (secondary N) is 1. The first kappa shape index (κ1) is 21.2. The monoisotopic (exact) mass is 462 g/mol. The molecule has 0 saturated heterocycles. The van der Waals surface area contributed by atoms with E-state index in [4.69, 9.17) is 11.6 Å². The first-order valence-electron chi connectivity index (χ1n) is 9.27. The lowest BCUT2D eigenvalue weighted by atomic mass is 10.0. The lowest BCUT2D eigenvalue weighted by molar-refractivity contribution is -0.0964. The summed E-state index contributed by atoms with van der Waals surface area (Å²) in [6.45, 7) is 4.11. The molecule has 2 aromatic carbocycles. The molecule has 0 aliphatic heterocycles. The van der Waals surface area contributed by atoms with Crippen molar-refractivity contribution in [3.05, 3.63) is 59.2 Å². The molecule has 0 unspecified atom stereocenters. The SMILES string of the molecule is CC(C)n1cnc2cc(C(=O)Nc3ccc(OC(F)(F)Cl)cc3)cc(-c3cscn3)c21. The van der Waals surface area contributed by atoms with E-state index in [0.29, 0.717) is 16.8 Å². The minimum Gasteiger partial charge on any atom is -0.420 e. The predicted octanol–water partition coefficient (Wildman–Crippen LogP) is 6.16. The van der Waals surface area contributed by atoms with Gasteiger partial charge < -0.3 is 14.6 Å². The number of amides is 1. The van der Waals surface area contributed by atoms with Crippen LogP contribution >= 0.6 is 22.9 Å². The van der Waals surface area contributed by atoms with Gasteiger partial charge in [-0.15, -0.1) is 20.1 Å². The normalized spacial score (nSPS) is 11.8. The number of halogens is 3. The molecule has 2 heterocycles. The van der Waals surface area contributed by atoms with Crippen molar-refractivity contribution in [3.8, 4) is 17.0 Å². The van der Waals surface area contributed by atoms with E-state index in [1.165, 1.54) is 35.6 Å². The van der Waals surface area contributed by atoms with Gasteiger partial charge in [-0.1, -0.05) is 0 Å². The smallest absolute Gasteiger partial charge is 0.420 e. The highest BCUT2D eigenvalue weighted by molar-refractivity contribution is 7.07. The van der Waals surface area contributed by atoms with E-state index in [-0.39, 0.29) is 17.7 Å². The summed E-state index contributed by atoms with van der Waals surface area (Å²) in [5.74, 6) is -0.488. The van der Waals surface area contributed by atoms with Crippen LogP contribution in [-0.2, 0) is 0 Å². The van der Waals surface area contributed by atoms with Gasteiger partial charge in [0.1, 0.15) is 5.75 Å². The lowest BCUT2D eigenvalue weighted by Gasteiger charge is -2.13. The van der Waals surface area contributed by atoms with Crippen molar-refractivity contribution in [2.75, 3.05) is 5.32 Å². The van der Waals surface area contributed by atoms with Crippen molar-refractivity contribution in [2.24, 2.45) is 0 Å². The second kappa shape index (κ2) is 8.24. The third kappa shape index (κ3) is 4.67. The Morgan fingerprint density at radius 1 is 1.23 bits per heavy atom. The van der Waals surface area contributed by atoms with Crippen molar-refractivity contribution in [3.63, 3.8) is 0 Å². The molecular formula is C21H17ClF2N4O2S. The molecule has 2 aromatic heterocycles. The zero-order valence-electron chi connectivity index (χ0n) is 16.5. The number of alkyl halides is 3. The summed E-state index contributed by atoms with van der Waals surface area (Å²) in [5.41, 5.74) is 1.90. The minimum atomic E-state index is -3.80. The van der Waals surface area contributed by atoms with E-state index in [0.717, 1.165) is 16.8 Å². The van der Waals surface area contributed by atoms with Crippen LogP contribution in [0.5, 0.6) is 5.75 Å². The van der Waals surface area contributed by atoms with Crippen molar-refractivity contribution in [1.82, 2.24) is 14.5 Å². The Hall–Kier alpha value is -3.04. The van der Waals surface area contributed by atoms with Crippen molar-refractivity contribution in [1.29, 1.82) is 0 Å². The van der Waals surface area contributed by atoms with E-state index in [1.807, 2.05) is 9.95 Å². The molecule has 0 aliphatic rings. The third-order valence-corrected chi connectivity index (χ3v) is 5.21. The van der Waals surface area contributed by atoms with Crippen molar-refractivity contribution in [2.45, 2.75) is 25.5 Å². The summed E-state index contributed by atoms with van der Waals surface area (Å²) >= 11 is 6.23. The zero-order chi connectivity index (χ0) is 22.2. The number of hydrogen-bond donors (Lipinski definition) is 1. The molecule has 4 rings (SSSR count). The Bertz CT molecular complexity index is 1220. The van der Waals surface area contributed by atoms with Gasteiger partial charge in [0, 0.05) is 39.8 Å². The molecule has 0 fully saturated rings. The number of imidazole rings is 1. The van der Waals surface area contributed by atoms with E-state index in [9.17, 15) is 13.6 Å².